The number of nitrogens with zero attached hydrogens (tertiary/aromatic N) is 2. The molecule has 3 rings (SSSR count). The van der Waals surface area contributed by atoms with Gasteiger partial charge in [-0.25, -0.2) is 0 Å². The van der Waals surface area contributed by atoms with Gasteiger partial charge in [-0.2, -0.15) is 10.1 Å². The van der Waals surface area contributed by atoms with Crippen LogP contribution in [0.4, 0.5) is 5.95 Å². The van der Waals surface area contributed by atoms with E-state index in [1.807, 2.05) is 24.3 Å². The Labute approximate surface area is 133 Å². The number of methoxy groups -OCH3 is 1. The molecule has 0 aliphatic carbocycles. The Morgan fingerprint density at radius 2 is 1.96 bits per heavy atom. The summed E-state index contributed by atoms with van der Waals surface area (Å²) in [6, 6.07) is 7.85. The van der Waals surface area contributed by atoms with Crippen LogP contribution in [0.1, 0.15) is 25.5 Å². The van der Waals surface area contributed by atoms with Gasteiger partial charge in [-0.05, 0) is 23.6 Å². The number of fused-ring (bicyclic) bond motifs is 1. The monoisotopic (exact) mass is 313 g/mol. The van der Waals surface area contributed by atoms with Gasteiger partial charge in [0.1, 0.15) is 11.1 Å². The zero-order chi connectivity index (χ0) is 16.4. The Balaban J connectivity index is 1.92. The lowest BCUT2D eigenvalue weighted by atomic mass is 9.96. The lowest BCUT2D eigenvalue weighted by molar-refractivity contribution is 0.414. The number of hydrogen-bond acceptors (Lipinski definition) is 5. The summed E-state index contributed by atoms with van der Waals surface area (Å²) in [6.45, 7) is 4.21. The van der Waals surface area contributed by atoms with Gasteiger partial charge in [0.25, 0.3) is 5.56 Å². The number of hydrogen-bond donors (Lipinski definition) is 3. The smallest absolute Gasteiger partial charge is 0.263 e. The van der Waals surface area contributed by atoms with Crippen LogP contribution in [0.25, 0.3) is 11.0 Å². The summed E-state index contributed by atoms with van der Waals surface area (Å²) < 4.78 is 5.19. The van der Waals surface area contributed by atoms with E-state index < -0.39 is 0 Å². The first-order valence-corrected chi connectivity index (χ1v) is 7.42. The zero-order valence-electron chi connectivity index (χ0n) is 13.3. The van der Waals surface area contributed by atoms with E-state index in [0.717, 1.165) is 11.3 Å². The van der Waals surface area contributed by atoms with E-state index in [2.05, 4.69) is 39.3 Å². The number of benzene rings is 1. The van der Waals surface area contributed by atoms with Crippen molar-refractivity contribution in [1.29, 1.82) is 0 Å². The Kier molecular flexibility index (Phi) is 4.01. The van der Waals surface area contributed by atoms with E-state index in [0.29, 0.717) is 22.9 Å². The highest BCUT2D eigenvalue weighted by molar-refractivity contribution is 5.73. The van der Waals surface area contributed by atoms with Crippen molar-refractivity contribution in [2.75, 3.05) is 12.4 Å². The number of aromatic amines is 2. The van der Waals surface area contributed by atoms with Crippen LogP contribution in [0.3, 0.4) is 0 Å². The highest BCUT2D eigenvalue weighted by Gasteiger charge is 2.17. The summed E-state index contributed by atoms with van der Waals surface area (Å²) in [5.74, 6) is 1.52. The van der Waals surface area contributed by atoms with Crippen molar-refractivity contribution in [2.24, 2.45) is 5.92 Å². The molecule has 1 atom stereocenters. The minimum absolute atomic E-state index is 0.00410. The Hall–Kier alpha value is -2.83. The topological polar surface area (TPSA) is 95.7 Å². The van der Waals surface area contributed by atoms with Gasteiger partial charge in [-0.15, -0.1) is 0 Å². The summed E-state index contributed by atoms with van der Waals surface area (Å²) >= 11 is 0. The molecule has 0 spiro atoms. The normalized spacial score (nSPS) is 12.5. The predicted octanol–water partition coefficient (Wildman–Crippen LogP) is 2.46. The minimum atomic E-state index is -0.219. The van der Waals surface area contributed by atoms with Gasteiger partial charge in [0.15, 0.2) is 5.65 Å². The van der Waals surface area contributed by atoms with Crippen LogP contribution < -0.4 is 15.6 Å². The van der Waals surface area contributed by atoms with E-state index in [4.69, 9.17) is 4.74 Å². The van der Waals surface area contributed by atoms with Crippen LogP contribution >= 0.6 is 0 Å². The fraction of sp³-hybridized carbons (Fsp3) is 0.312. The molecule has 0 bridgehead atoms. The first-order valence-electron chi connectivity index (χ1n) is 7.42. The molecule has 0 aliphatic rings. The molecule has 0 saturated heterocycles. The third-order valence-electron chi connectivity index (χ3n) is 3.75. The van der Waals surface area contributed by atoms with E-state index in [1.165, 1.54) is 6.20 Å². The summed E-state index contributed by atoms with van der Waals surface area (Å²) in [5.41, 5.74) is 1.34. The average molecular weight is 313 g/mol. The van der Waals surface area contributed by atoms with Crippen LogP contribution in [0.5, 0.6) is 5.75 Å². The molecule has 3 aromatic rings. The van der Waals surface area contributed by atoms with E-state index in [9.17, 15) is 4.79 Å². The van der Waals surface area contributed by atoms with Crippen molar-refractivity contribution >= 4 is 17.0 Å². The van der Waals surface area contributed by atoms with Crippen LogP contribution in [0.15, 0.2) is 35.3 Å². The summed E-state index contributed by atoms with van der Waals surface area (Å²) in [4.78, 5) is 19.1. The second-order valence-electron chi connectivity index (χ2n) is 5.69. The fourth-order valence-electron chi connectivity index (χ4n) is 2.51. The molecule has 1 aromatic carbocycles. The third-order valence-corrected chi connectivity index (χ3v) is 3.75. The van der Waals surface area contributed by atoms with Gasteiger partial charge < -0.3 is 10.1 Å². The number of aromatic nitrogens is 4. The Morgan fingerprint density at radius 3 is 2.61 bits per heavy atom. The van der Waals surface area contributed by atoms with E-state index in [-0.39, 0.29) is 11.6 Å². The van der Waals surface area contributed by atoms with Gasteiger partial charge in [-0.1, -0.05) is 26.0 Å². The highest BCUT2D eigenvalue weighted by atomic mass is 16.5. The van der Waals surface area contributed by atoms with Gasteiger partial charge in [0.2, 0.25) is 5.95 Å². The molecule has 0 unspecified atom stereocenters. The standard InChI is InChI=1S/C16H19N5O2/c1-9(2)13(10-4-6-11(23-3)7-5-10)18-16-19-14-12(8-17-21-14)15(22)20-16/h4-9,13H,1-3H3,(H3,17,18,19,20,21,22)/t13-/m1/s1. The maximum Gasteiger partial charge on any atom is 0.263 e. The summed E-state index contributed by atoms with van der Waals surface area (Å²) in [5, 5.41) is 10.3. The molecule has 7 heteroatoms. The molecule has 2 aromatic heterocycles. The lowest BCUT2D eigenvalue weighted by Crippen LogP contribution is -2.20. The molecule has 7 nitrogen and oxygen atoms in total. The molecule has 0 fully saturated rings. The Bertz CT molecular complexity index is 851. The van der Waals surface area contributed by atoms with E-state index in [1.54, 1.807) is 7.11 Å². The van der Waals surface area contributed by atoms with Gasteiger partial charge in [0.05, 0.1) is 19.3 Å². The number of rotatable bonds is 5. The number of anilines is 1. The maximum atomic E-state index is 12.0. The predicted molar refractivity (Wildman–Crippen MR) is 88.7 cm³/mol. The first kappa shape index (κ1) is 15.1. The number of H-pyrrole nitrogens is 2. The molecule has 0 aliphatic heterocycles. The van der Waals surface area contributed by atoms with Crippen molar-refractivity contribution in [3.8, 4) is 5.75 Å². The van der Waals surface area contributed by atoms with Crippen LogP contribution in [0.2, 0.25) is 0 Å². The van der Waals surface area contributed by atoms with Crippen LogP contribution in [-0.4, -0.2) is 27.3 Å². The SMILES string of the molecule is COc1ccc([C@H](Nc2nc3[nH]ncc3c(=O)[nH]2)C(C)C)cc1. The van der Waals surface area contributed by atoms with Crippen molar-refractivity contribution < 1.29 is 4.74 Å². The molecule has 0 saturated carbocycles. The van der Waals surface area contributed by atoms with Crippen molar-refractivity contribution in [2.45, 2.75) is 19.9 Å². The minimum Gasteiger partial charge on any atom is -0.497 e. The summed E-state index contributed by atoms with van der Waals surface area (Å²) in [7, 11) is 1.64. The molecule has 0 amide bonds. The molecule has 120 valence electrons. The number of nitrogens with one attached hydrogen (secondary N) is 3. The lowest BCUT2D eigenvalue weighted by Gasteiger charge is -2.23. The molecule has 0 radical (unpaired) electrons. The Morgan fingerprint density at radius 1 is 1.22 bits per heavy atom. The molecular weight excluding hydrogens is 294 g/mol. The van der Waals surface area contributed by atoms with Crippen molar-refractivity contribution in [1.82, 2.24) is 20.2 Å². The van der Waals surface area contributed by atoms with Crippen molar-refractivity contribution in [3.05, 3.63) is 46.4 Å². The van der Waals surface area contributed by atoms with Gasteiger partial charge in [0, 0.05) is 0 Å². The quantitative estimate of drug-likeness (QED) is 0.672. The maximum absolute atomic E-state index is 12.0. The highest BCUT2D eigenvalue weighted by Crippen LogP contribution is 2.26. The van der Waals surface area contributed by atoms with Crippen LogP contribution in [0, 0.1) is 5.92 Å². The third kappa shape index (κ3) is 3.03. The van der Waals surface area contributed by atoms with Gasteiger partial charge in [-0.3, -0.25) is 14.9 Å². The largest absolute Gasteiger partial charge is 0.497 e. The first-order chi connectivity index (χ1) is 11.1. The molecule has 2 heterocycles. The molecule has 3 N–H and O–H groups in total. The van der Waals surface area contributed by atoms with Gasteiger partial charge >= 0.3 is 0 Å². The zero-order valence-corrected chi connectivity index (χ0v) is 13.3. The molecule has 23 heavy (non-hydrogen) atoms. The summed E-state index contributed by atoms with van der Waals surface area (Å²) in [6.07, 6.45) is 1.47. The van der Waals surface area contributed by atoms with Crippen molar-refractivity contribution in [3.63, 3.8) is 0 Å². The second-order valence-corrected chi connectivity index (χ2v) is 5.69. The second kappa shape index (κ2) is 6.12. The van der Waals surface area contributed by atoms with Crippen LogP contribution in [-0.2, 0) is 0 Å². The van der Waals surface area contributed by atoms with E-state index >= 15 is 0 Å². The molecular formula is C16H19N5O2. The fourth-order valence-corrected chi connectivity index (χ4v) is 2.51. The number of ether oxygens (including phenoxy) is 1. The average Bonchev–Trinajstić information content (AvgIpc) is 3.01.